The molecule has 20 heavy (non-hydrogen) atoms. The van der Waals surface area contributed by atoms with Crippen molar-refractivity contribution in [2.75, 3.05) is 19.6 Å². The molecule has 1 aromatic carbocycles. The van der Waals surface area contributed by atoms with E-state index in [1.54, 1.807) is 0 Å². The van der Waals surface area contributed by atoms with Gasteiger partial charge in [0, 0.05) is 12.6 Å². The first-order valence-electron chi connectivity index (χ1n) is 8.23. The number of benzene rings is 1. The van der Waals surface area contributed by atoms with Gasteiger partial charge in [0.15, 0.2) is 0 Å². The summed E-state index contributed by atoms with van der Waals surface area (Å²) >= 11 is 0. The summed E-state index contributed by atoms with van der Waals surface area (Å²) in [5, 5.41) is 3.66. The molecule has 1 aromatic rings. The molecule has 2 heteroatoms. The highest BCUT2D eigenvalue weighted by Crippen LogP contribution is 2.10. The van der Waals surface area contributed by atoms with E-state index in [4.69, 9.17) is 0 Å². The second kappa shape index (κ2) is 9.95. The molecule has 114 valence electrons. The van der Waals surface area contributed by atoms with Gasteiger partial charge in [-0.3, -0.25) is 0 Å². The van der Waals surface area contributed by atoms with E-state index >= 15 is 0 Å². The van der Waals surface area contributed by atoms with Crippen molar-refractivity contribution in [2.24, 2.45) is 0 Å². The predicted octanol–water partition coefficient (Wildman–Crippen LogP) is 3.85. The van der Waals surface area contributed by atoms with E-state index in [0.29, 0.717) is 6.04 Å². The highest BCUT2D eigenvalue weighted by molar-refractivity contribution is 5.26. The molecular formula is C18H32N2. The molecule has 0 saturated heterocycles. The van der Waals surface area contributed by atoms with Crippen molar-refractivity contribution in [2.45, 2.75) is 59.5 Å². The zero-order valence-corrected chi connectivity index (χ0v) is 13.8. The van der Waals surface area contributed by atoms with Crippen LogP contribution in [-0.4, -0.2) is 30.6 Å². The van der Waals surface area contributed by atoms with Crippen LogP contribution in [0.3, 0.4) is 0 Å². The van der Waals surface area contributed by atoms with Crippen LogP contribution in [0.15, 0.2) is 24.3 Å². The lowest BCUT2D eigenvalue weighted by Crippen LogP contribution is -2.29. The maximum Gasteiger partial charge on any atom is 0.0210 e. The molecule has 1 atom stereocenters. The fourth-order valence-electron chi connectivity index (χ4n) is 2.62. The lowest BCUT2D eigenvalue weighted by Gasteiger charge is -2.20. The van der Waals surface area contributed by atoms with Crippen molar-refractivity contribution in [3.05, 3.63) is 35.4 Å². The second-order valence-electron chi connectivity index (χ2n) is 5.57. The molecule has 0 aromatic heterocycles. The van der Waals surface area contributed by atoms with Crippen LogP contribution in [0.5, 0.6) is 0 Å². The Hall–Kier alpha value is -0.860. The van der Waals surface area contributed by atoms with Crippen LogP contribution in [-0.2, 0) is 13.0 Å². The van der Waals surface area contributed by atoms with E-state index in [-0.39, 0.29) is 0 Å². The smallest absolute Gasteiger partial charge is 0.0210 e. The van der Waals surface area contributed by atoms with E-state index in [1.165, 1.54) is 43.6 Å². The van der Waals surface area contributed by atoms with Gasteiger partial charge in [0.2, 0.25) is 0 Å². The van der Waals surface area contributed by atoms with Crippen LogP contribution < -0.4 is 5.32 Å². The van der Waals surface area contributed by atoms with E-state index in [9.17, 15) is 0 Å². The fourth-order valence-corrected chi connectivity index (χ4v) is 2.62. The number of nitrogens with zero attached hydrogens (tertiary/aromatic N) is 1. The minimum absolute atomic E-state index is 0.593. The third-order valence-electron chi connectivity index (χ3n) is 4.15. The summed E-state index contributed by atoms with van der Waals surface area (Å²) in [6.07, 6.45) is 3.66. The van der Waals surface area contributed by atoms with Crippen molar-refractivity contribution >= 4 is 0 Å². The molecule has 1 N–H and O–H groups in total. The molecule has 0 fully saturated rings. The Kier molecular flexibility index (Phi) is 8.56. The fraction of sp³-hybridized carbons (Fsp3) is 0.667. The van der Waals surface area contributed by atoms with Gasteiger partial charge in [0.1, 0.15) is 0 Å². The molecule has 0 saturated carbocycles. The van der Waals surface area contributed by atoms with Crippen LogP contribution in [0.4, 0.5) is 0 Å². The third-order valence-corrected chi connectivity index (χ3v) is 4.15. The zero-order chi connectivity index (χ0) is 14.8. The minimum Gasteiger partial charge on any atom is -0.310 e. The van der Waals surface area contributed by atoms with Gasteiger partial charge in [-0.2, -0.15) is 0 Å². The van der Waals surface area contributed by atoms with Crippen molar-refractivity contribution in [1.29, 1.82) is 0 Å². The highest BCUT2D eigenvalue weighted by Gasteiger charge is 2.05. The van der Waals surface area contributed by atoms with Gasteiger partial charge >= 0.3 is 0 Å². The van der Waals surface area contributed by atoms with Gasteiger partial charge in [0.25, 0.3) is 0 Å². The van der Waals surface area contributed by atoms with Crippen LogP contribution in [0, 0.1) is 0 Å². The van der Waals surface area contributed by atoms with Crippen molar-refractivity contribution in [3.8, 4) is 0 Å². The highest BCUT2D eigenvalue weighted by atomic mass is 15.1. The van der Waals surface area contributed by atoms with Gasteiger partial charge in [-0.25, -0.2) is 0 Å². The van der Waals surface area contributed by atoms with Crippen molar-refractivity contribution in [3.63, 3.8) is 0 Å². The molecule has 0 aliphatic heterocycles. The number of hydrogen-bond acceptors (Lipinski definition) is 2. The van der Waals surface area contributed by atoms with Gasteiger partial charge in [-0.1, -0.05) is 45.0 Å². The molecule has 0 bridgehead atoms. The number of hydrogen-bond donors (Lipinski definition) is 1. The summed E-state index contributed by atoms with van der Waals surface area (Å²) in [4.78, 5) is 2.50. The average molecular weight is 276 g/mol. The number of rotatable bonds is 10. The largest absolute Gasteiger partial charge is 0.310 e. The van der Waals surface area contributed by atoms with Crippen LogP contribution in [0.2, 0.25) is 0 Å². The third kappa shape index (κ3) is 6.06. The lowest BCUT2D eigenvalue weighted by atomic mass is 10.0. The Labute approximate surface area is 125 Å². The molecule has 1 unspecified atom stereocenters. The van der Waals surface area contributed by atoms with Crippen LogP contribution >= 0.6 is 0 Å². The summed E-state index contributed by atoms with van der Waals surface area (Å²) < 4.78 is 0. The molecule has 0 spiro atoms. The Morgan fingerprint density at radius 2 is 1.70 bits per heavy atom. The minimum atomic E-state index is 0.593. The number of nitrogens with one attached hydrogen (secondary N) is 1. The van der Waals surface area contributed by atoms with Gasteiger partial charge in [-0.15, -0.1) is 0 Å². The Morgan fingerprint density at radius 1 is 1.05 bits per heavy atom. The molecule has 0 amide bonds. The maximum atomic E-state index is 3.66. The summed E-state index contributed by atoms with van der Waals surface area (Å²) in [6.45, 7) is 13.6. The van der Waals surface area contributed by atoms with E-state index in [1.807, 2.05) is 0 Å². The molecule has 0 aliphatic rings. The quantitative estimate of drug-likeness (QED) is 0.698. The lowest BCUT2D eigenvalue weighted by molar-refractivity contribution is 0.290. The van der Waals surface area contributed by atoms with Gasteiger partial charge in [-0.05, 0) is 56.9 Å². The first kappa shape index (κ1) is 17.2. The first-order valence-corrected chi connectivity index (χ1v) is 8.23. The summed E-state index contributed by atoms with van der Waals surface area (Å²) in [7, 11) is 0. The summed E-state index contributed by atoms with van der Waals surface area (Å²) in [6, 6.07) is 9.35. The first-order chi connectivity index (χ1) is 9.71. The van der Waals surface area contributed by atoms with E-state index < -0.39 is 0 Å². The second-order valence-corrected chi connectivity index (χ2v) is 5.57. The molecule has 0 heterocycles. The SMILES string of the molecule is CCc1ccccc1CNC(C)CCCN(CC)CC. The van der Waals surface area contributed by atoms with Crippen LogP contribution in [0.25, 0.3) is 0 Å². The van der Waals surface area contributed by atoms with Crippen LogP contribution in [0.1, 0.15) is 51.7 Å². The normalized spacial score (nSPS) is 12.8. The molecule has 2 nitrogen and oxygen atoms in total. The van der Waals surface area contributed by atoms with E-state index in [2.05, 4.69) is 62.2 Å². The zero-order valence-electron chi connectivity index (χ0n) is 13.8. The Morgan fingerprint density at radius 3 is 2.30 bits per heavy atom. The average Bonchev–Trinajstić information content (AvgIpc) is 2.49. The van der Waals surface area contributed by atoms with Crippen molar-refractivity contribution < 1.29 is 0 Å². The van der Waals surface area contributed by atoms with Crippen molar-refractivity contribution in [1.82, 2.24) is 10.2 Å². The summed E-state index contributed by atoms with van der Waals surface area (Å²) in [5.74, 6) is 0. The summed E-state index contributed by atoms with van der Waals surface area (Å²) in [5.41, 5.74) is 2.92. The molecular weight excluding hydrogens is 244 g/mol. The number of aryl methyl sites for hydroxylation is 1. The molecule has 0 aliphatic carbocycles. The standard InChI is InChI=1S/C18H32N2/c1-5-17-12-8-9-13-18(17)15-19-16(4)11-10-14-20(6-2)7-3/h8-9,12-13,16,19H,5-7,10-11,14-15H2,1-4H3. The van der Waals surface area contributed by atoms with E-state index in [0.717, 1.165) is 13.0 Å². The van der Waals surface area contributed by atoms with Gasteiger partial charge in [0.05, 0.1) is 0 Å². The topological polar surface area (TPSA) is 15.3 Å². The maximum absolute atomic E-state index is 3.66. The molecule has 0 radical (unpaired) electrons. The monoisotopic (exact) mass is 276 g/mol. The Bertz CT molecular complexity index is 358. The van der Waals surface area contributed by atoms with Gasteiger partial charge < -0.3 is 10.2 Å². The Balaban J connectivity index is 2.27. The molecule has 1 rings (SSSR count). The predicted molar refractivity (Wildman–Crippen MR) is 89.1 cm³/mol.